The minimum atomic E-state index is 0.104. The number of halogens is 1. The molecule has 0 aliphatic carbocycles. The van der Waals surface area contributed by atoms with Gasteiger partial charge in [-0.25, -0.2) is 0 Å². The van der Waals surface area contributed by atoms with Crippen LogP contribution in [0.5, 0.6) is 5.75 Å². The topological polar surface area (TPSA) is 47.7 Å². The molecule has 1 saturated heterocycles. The molecule has 0 spiro atoms. The van der Waals surface area contributed by atoms with Gasteiger partial charge in [0.25, 0.3) is 0 Å². The second-order valence-corrected chi connectivity index (χ2v) is 5.79. The highest BCUT2D eigenvalue weighted by molar-refractivity contribution is 6.30. The molecule has 0 aromatic heterocycles. The van der Waals surface area contributed by atoms with Crippen molar-refractivity contribution < 1.29 is 9.47 Å². The van der Waals surface area contributed by atoms with Gasteiger partial charge in [0.05, 0.1) is 6.61 Å². The predicted octanol–water partition coefficient (Wildman–Crippen LogP) is 2.29. The van der Waals surface area contributed by atoms with E-state index in [1.807, 2.05) is 18.2 Å². The molecule has 2 N–H and O–H groups in total. The third-order valence-electron chi connectivity index (χ3n) is 3.57. The van der Waals surface area contributed by atoms with Crippen LogP contribution in [0.2, 0.25) is 5.02 Å². The lowest BCUT2D eigenvalue weighted by Crippen LogP contribution is -2.47. The van der Waals surface area contributed by atoms with Crippen LogP contribution < -0.4 is 10.5 Å². The first-order valence-electron chi connectivity index (χ1n) is 7.07. The van der Waals surface area contributed by atoms with Crippen LogP contribution >= 0.6 is 11.6 Å². The normalized spacial score (nSPS) is 20.4. The molecule has 0 amide bonds. The molecule has 0 saturated carbocycles. The zero-order valence-electron chi connectivity index (χ0n) is 12.1. The fraction of sp³-hybridized carbons (Fsp3) is 0.600. The number of hydrogen-bond acceptors (Lipinski definition) is 4. The van der Waals surface area contributed by atoms with E-state index in [-0.39, 0.29) is 6.10 Å². The van der Waals surface area contributed by atoms with Crippen molar-refractivity contribution >= 4 is 11.6 Å². The fourth-order valence-corrected chi connectivity index (χ4v) is 2.54. The van der Waals surface area contributed by atoms with E-state index in [4.69, 9.17) is 26.8 Å². The first-order chi connectivity index (χ1) is 9.60. The lowest BCUT2D eigenvalue weighted by Gasteiger charge is -2.35. The Hall–Kier alpha value is -0.810. The Balaban J connectivity index is 1.91. The third kappa shape index (κ3) is 4.09. The Morgan fingerprint density at radius 2 is 2.30 bits per heavy atom. The van der Waals surface area contributed by atoms with Crippen molar-refractivity contribution in [3.8, 4) is 5.75 Å². The molecule has 1 aliphatic rings. The molecule has 1 atom stereocenters. The molecule has 1 fully saturated rings. The summed E-state index contributed by atoms with van der Waals surface area (Å²) in [4.78, 5) is 2.41. The Kier molecular flexibility index (Phi) is 5.66. The Bertz CT molecular complexity index is 440. The summed E-state index contributed by atoms with van der Waals surface area (Å²) in [5, 5.41) is 0.678. The highest BCUT2D eigenvalue weighted by Crippen LogP contribution is 2.23. The quantitative estimate of drug-likeness (QED) is 0.906. The van der Waals surface area contributed by atoms with Crippen molar-refractivity contribution in [3.05, 3.63) is 28.8 Å². The second-order valence-electron chi connectivity index (χ2n) is 5.35. The van der Waals surface area contributed by atoms with Crippen LogP contribution in [0, 0.1) is 0 Å². The van der Waals surface area contributed by atoms with Crippen LogP contribution in [0.1, 0.15) is 19.4 Å². The zero-order chi connectivity index (χ0) is 14.5. The highest BCUT2D eigenvalue weighted by Gasteiger charge is 2.22. The van der Waals surface area contributed by atoms with E-state index in [1.165, 1.54) is 0 Å². The number of benzene rings is 1. The molecular formula is C15H23ClN2O2. The largest absolute Gasteiger partial charge is 0.490 e. The van der Waals surface area contributed by atoms with Crippen molar-refractivity contribution in [1.29, 1.82) is 0 Å². The molecule has 1 aliphatic heterocycles. The average Bonchev–Trinajstić information content (AvgIpc) is 2.46. The highest BCUT2D eigenvalue weighted by atomic mass is 35.5. The molecule has 1 unspecified atom stereocenters. The van der Waals surface area contributed by atoms with Gasteiger partial charge in [0.15, 0.2) is 0 Å². The standard InChI is InChI=1S/C15H23ClN2O2/c1-11(2)18-5-6-19-14(9-18)10-20-15-4-3-13(16)7-12(15)8-17/h3-4,7,11,14H,5-6,8-10,17H2,1-2H3. The summed E-state index contributed by atoms with van der Waals surface area (Å²) in [5.41, 5.74) is 6.64. The summed E-state index contributed by atoms with van der Waals surface area (Å²) in [6, 6.07) is 6.07. The maximum Gasteiger partial charge on any atom is 0.124 e. The van der Waals surface area contributed by atoms with Gasteiger partial charge in [0.2, 0.25) is 0 Å². The first kappa shape index (κ1) is 15.6. The molecule has 0 radical (unpaired) electrons. The number of nitrogens with zero attached hydrogens (tertiary/aromatic N) is 1. The van der Waals surface area contributed by atoms with E-state index in [0.29, 0.717) is 24.2 Å². The maximum atomic E-state index is 5.96. The van der Waals surface area contributed by atoms with Gasteiger partial charge in [0.1, 0.15) is 18.5 Å². The van der Waals surface area contributed by atoms with Gasteiger partial charge in [-0.3, -0.25) is 4.90 Å². The summed E-state index contributed by atoms with van der Waals surface area (Å²) in [6.07, 6.45) is 0.104. The Morgan fingerprint density at radius 1 is 1.50 bits per heavy atom. The van der Waals surface area contributed by atoms with Gasteiger partial charge in [-0.2, -0.15) is 0 Å². The van der Waals surface area contributed by atoms with Crippen LogP contribution in [0.3, 0.4) is 0 Å². The van der Waals surface area contributed by atoms with E-state index in [9.17, 15) is 0 Å². The van der Waals surface area contributed by atoms with Gasteiger partial charge in [-0.15, -0.1) is 0 Å². The summed E-state index contributed by atoms with van der Waals surface area (Å²) in [5.74, 6) is 0.794. The van der Waals surface area contributed by atoms with Gasteiger partial charge in [-0.1, -0.05) is 11.6 Å². The maximum absolute atomic E-state index is 5.96. The Labute approximate surface area is 125 Å². The van der Waals surface area contributed by atoms with Gasteiger partial charge < -0.3 is 15.2 Å². The number of rotatable bonds is 5. The molecule has 1 heterocycles. The molecular weight excluding hydrogens is 276 g/mol. The molecule has 4 nitrogen and oxygen atoms in total. The molecule has 1 aromatic carbocycles. The third-order valence-corrected chi connectivity index (χ3v) is 3.80. The summed E-state index contributed by atoms with van der Waals surface area (Å²) >= 11 is 5.96. The van der Waals surface area contributed by atoms with E-state index in [0.717, 1.165) is 31.0 Å². The van der Waals surface area contributed by atoms with E-state index in [1.54, 1.807) is 0 Å². The van der Waals surface area contributed by atoms with Gasteiger partial charge in [0, 0.05) is 36.3 Å². The number of nitrogens with two attached hydrogens (primary N) is 1. The van der Waals surface area contributed by atoms with Crippen LogP contribution in [0.15, 0.2) is 18.2 Å². The van der Waals surface area contributed by atoms with Crippen LogP contribution in [-0.4, -0.2) is 43.3 Å². The molecule has 5 heteroatoms. The summed E-state index contributed by atoms with van der Waals surface area (Å²) < 4.78 is 11.6. The second kappa shape index (κ2) is 7.27. The number of morpholine rings is 1. The molecule has 2 rings (SSSR count). The van der Waals surface area contributed by atoms with Crippen LogP contribution in [-0.2, 0) is 11.3 Å². The summed E-state index contributed by atoms with van der Waals surface area (Å²) in [6.45, 7) is 8.02. The average molecular weight is 299 g/mol. The van der Waals surface area contributed by atoms with E-state index < -0.39 is 0 Å². The van der Waals surface area contributed by atoms with Crippen molar-refractivity contribution in [2.75, 3.05) is 26.3 Å². The van der Waals surface area contributed by atoms with E-state index >= 15 is 0 Å². The molecule has 112 valence electrons. The van der Waals surface area contributed by atoms with Crippen molar-refractivity contribution in [2.45, 2.75) is 32.5 Å². The summed E-state index contributed by atoms with van der Waals surface area (Å²) in [7, 11) is 0. The van der Waals surface area contributed by atoms with Crippen LogP contribution in [0.4, 0.5) is 0 Å². The fourth-order valence-electron chi connectivity index (χ4n) is 2.34. The van der Waals surface area contributed by atoms with Crippen molar-refractivity contribution in [3.63, 3.8) is 0 Å². The van der Waals surface area contributed by atoms with Crippen LogP contribution in [0.25, 0.3) is 0 Å². The van der Waals surface area contributed by atoms with Crippen molar-refractivity contribution in [1.82, 2.24) is 4.90 Å². The Morgan fingerprint density at radius 3 is 3.00 bits per heavy atom. The lowest BCUT2D eigenvalue weighted by molar-refractivity contribution is -0.0565. The molecule has 20 heavy (non-hydrogen) atoms. The SMILES string of the molecule is CC(C)N1CCOC(COc2ccc(Cl)cc2CN)C1. The minimum absolute atomic E-state index is 0.104. The minimum Gasteiger partial charge on any atom is -0.490 e. The van der Waals surface area contributed by atoms with E-state index in [2.05, 4.69) is 18.7 Å². The van der Waals surface area contributed by atoms with Crippen molar-refractivity contribution in [2.24, 2.45) is 5.73 Å². The predicted molar refractivity (Wildman–Crippen MR) is 81.3 cm³/mol. The smallest absolute Gasteiger partial charge is 0.124 e. The lowest BCUT2D eigenvalue weighted by atomic mass is 10.2. The van der Waals surface area contributed by atoms with Gasteiger partial charge >= 0.3 is 0 Å². The number of hydrogen-bond donors (Lipinski definition) is 1. The van der Waals surface area contributed by atoms with Gasteiger partial charge in [-0.05, 0) is 32.0 Å². The first-order valence-corrected chi connectivity index (χ1v) is 7.45. The number of ether oxygens (including phenoxy) is 2. The zero-order valence-corrected chi connectivity index (χ0v) is 12.9. The molecule has 0 bridgehead atoms. The monoisotopic (exact) mass is 298 g/mol. The molecule has 1 aromatic rings.